The molecule has 2 aromatic carbocycles. The molecule has 0 saturated carbocycles. The molecule has 0 radical (unpaired) electrons. The van der Waals surface area contributed by atoms with Crippen LogP contribution in [0.15, 0.2) is 59.3 Å². The minimum Gasteiger partial charge on any atom is -0.482 e. The van der Waals surface area contributed by atoms with Crippen LogP contribution in [0, 0.1) is 5.82 Å². The number of alkyl halides is 3. The Morgan fingerprint density at radius 3 is 2.62 bits per heavy atom. The van der Waals surface area contributed by atoms with E-state index in [0.29, 0.717) is 22.5 Å². The van der Waals surface area contributed by atoms with Gasteiger partial charge in [0.1, 0.15) is 17.3 Å². The first-order valence-corrected chi connectivity index (χ1v) is 11.1. The van der Waals surface area contributed by atoms with Crippen molar-refractivity contribution in [1.29, 1.82) is 0 Å². The van der Waals surface area contributed by atoms with Crippen molar-refractivity contribution >= 4 is 23.0 Å². The van der Waals surface area contributed by atoms with Crippen LogP contribution >= 0.6 is 0 Å². The van der Waals surface area contributed by atoms with Crippen molar-refractivity contribution in [2.24, 2.45) is 0 Å². The third-order valence-electron chi connectivity index (χ3n) is 5.86. The summed E-state index contributed by atoms with van der Waals surface area (Å²) in [7, 11) is 0. The molecule has 1 aromatic heterocycles. The van der Waals surface area contributed by atoms with Gasteiger partial charge in [-0.1, -0.05) is 6.07 Å². The van der Waals surface area contributed by atoms with Gasteiger partial charge >= 0.3 is 12.2 Å². The third-order valence-corrected chi connectivity index (χ3v) is 5.86. The molecule has 0 aliphatic carbocycles. The Labute approximate surface area is 207 Å². The smallest absolute Gasteiger partial charge is 0.420 e. The van der Waals surface area contributed by atoms with Crippen molar-refractivity contribution in [1.82, 2.24) is 5.32 Å². The van der Waals surface area contributed by atoms with E-state index in [-0.39, 0.29) is 30.3 Å². The van der Waals surface area contributed by atoms with Gasteiger partial charge < -0.3 is 34.9 Å². The van der Waals surface area contributed by atoms with Gasteiger partial charge in [0.15, 0.2) is 11.8 Å². The van der Waals surface area contributed by atoms with Crippen LogP contribution in [0.3, 0.4) is 0 Å². The number of ether oxygens (including phenoxy) is 2. The molecule has 8 nitrogen and oxygen atoms in total. The molecule has 1 fully saturated rings. The number of benzene rings is 2. The van der Waals surface area contributed by atoms with Crippen molar-refractivity contribution < 1.29 is 41.4 Å². The molecule has 2 aliphatic rings. The van der Waals surface area contributed by atoms with E-state index in [9.17, 15) is 27.5 Å². The van der Waals surface area contributed by atoms with Gasteiger partial charge in [0, 0.05) is 23.0 Å². The Bertz CT molecular complexity index is 1380. The molecule has 194 valence electrons. The maximum Gasteiger partial charge on any atom is 0.420 e. The van der Waals surface area contributed by atoms with Crippen molar-refractivity contribution in [2.45, 2.75) is 24.9 Å². The average molecular weight is 519 g/mol. The number of halogens is 4. The molecule has 12 heteroatoms. The molecule has 0 spiro atoms. The van der Waals surface area contributed by atoms with Gasteiger partial charge in [0.25, 0.3) is 0 Å². The first-order chi connectivity index (χ1) is 17.5. The highest BCUT2D eigenvalue weighted by molar-refractivity contribution is 6.00. The molecular formula is C25H21F4N3O5. The number of urea groups is 1. The van der Waals surface area contributed by atoms with E-state index in [0.717, 1.165) is 18.2 Å². The lowest BCUT2D eigenvalue weighted by molar-refractivity contribution is -0.160. The number of aliphatic hydroxyl groups excluding tert-OH is 1. The van der Waals surface area contributed by atoms with Crippen LogP contribution in [0.2, 0.25) is 0 Å². The van der Waals surface area contributed by atoms with Crippen molar-refractivity contribution in [3.05, 3.63) is 83.2 Å². The number of anilines is 2. The van der Waals surface area contributed by atoms with Gasteiger partial charge in [0.05, 0.1) is 30.7 Å². The number of fused-ring (bicyclic) bond motifs is 1. The molecule has 3 aromatic rings. The van der Waals surface area contributed by atoms with E-state index in [1.807, 2.05) is 0 Å². The first-order valence-electron chi connectivity index (χ1n) is 11.1. The molecule has 4 N–H and O–H groups in total. The van der Waals surface area contributed by atoms with Crippen LogP contribution in [0.25, 0.3) is 5.57 Å². The lowest BCUT2D eigenvalue weighted by Crippen LogP contribution is -2.51. The molecule has 1 atom stereocenters. The molecule has 0 bridgehead atoms. The van der Waals surface area contributed by atoms with E-state index in [2.05, 4.69) is 16.0 Å². The van der Waals surface area contributed by atoms with Crippen molar-refractivity contribution in [2.75, 3.05) is 23.8 Å². The lowest BCUT2D eigenvalue weighted by atomic mass is 9.98. The summed E-state index contributed by atoms with van der Waals surface area (Å²) in [5.41, 5.74) is -0.891. The number of hydrogen-bond acceptors (Lipinski definition) is 6. The summed E-state index contributed by atoms with van der Waals surface area (Å²) in [6.45, 7) is 1.96. The molecule has 1 unspecified atom stereocenters. The highest BCUT2D eigenvalue weighted by Crippen LogP contribution is 2.40. The van der Waals surface area contributed by atoms with Gasteiger partial charge in [-0.15, -0.1) is 0 Å². The zero-order chi connectivity index (χ0) is 26.4. The summed E-state index contributed by atoms with van der Waals surface area (Å²) in [5.74, 6) is -0.802. The second kappa shape index (κ2) is 9.12. The van der Waals surface area contributed by atoms with Crippen molar-refractivity contribution in [3.8, 4) is 5.75 Å². The van der Waals surface area contributed by atoms with E-state index < -0.39 is 35.4 Å². The predicted molar refractivity (Wildman–Crippen MR) is 124 cm³/mol. The Kier molecular flexibility index (Phi) is 6.08. The monoisotopic (exact) mass is 519 g/mol. The SMILES string of the molecule is CC1(Oc2ccc(NC(=O)Nc3ccc(C4=CNC(O)c5ccoc54)cc3F)cc2C(F)(F)F)COC1. The zero-order valence-electron chi connectivity index (χ0n) is 19.3. The van der Waals surface area contributed by atoms with Crippen LogP contribution in [-0.4, -0.2) is 30.0 Å². The third kappa shape index (κ3) is 4.98. The number of hydrogen-bond donors (Lipinski definition) is 4. The topological polar surface area (TPSA) is 105 Å². The number of amides is 2. The maximum atomic E-state index is 14.8. The van der Waals surface area contributed by atoms with E-state index in [1.54, 1.807) is 13.0 Å². The standard InChI is InChI=1S/C25H21F4N3O5/c1-24(11-35-12-24)37-20-5-3-14(9-17(20)25(27,28)29)31-23(34)32-19-4-2-13(8-18(19)26)16-10-30-22(33)15-6-7-36-21(15)16/h2-10,22,30,33H,11-12H2,1H3,(H2,31,32,34). The summed E-state index contributed by atoms with van der Waals surface area (Å²) in [4.78, 5) is 12.4. The summed E-state index contributed by atoms with van der Waals surface area (Å²) < 4.78 is 71.6. The second-order valence-electron chi connectivity index (χ2n) is 8.86. The molecule has 2 aliphatic heterocycles. The quantitative estimate of drug-likeness (QED) is 0.344. The summed E-state index contributed by atoms with van der Waals surface area (Å²) in [5, 5.41) is 17.3. The number of carbonyl (C=O) groups is 1. The summed E-state index contributed by atoms with van der Waals surface area (Å²) in [6.07, 6.45) is -2.81. The highest BCUT2D eigenvalue weighted by atomic mass is 19.4. The maximum absolute atomic E-state index is 14.8. The Hall–Kier alpha value is -4.03. The molecular weight excluding hydrogens is 498 g/mol. The van der Waals surface area contributed by atoms with E-state index in [1.165, 1.54) is 30.7 Å². The van der Waals surface area contributed by atoms with Crippen LogP contribution in [0.5, 0.6) is 5.75 Å². The molecule has 2 amide bonds. The van der Waals surface area contributed by atoms with Gasteiger partial charge in [-0.25, -0.2) is 9.18 Å². The number of nitrogens with one attached hydrogen (secondary N) is 3. The summed E-state index contributed by atoms with van der Waals surface area (Å²) >= 11 is 0. The highest BCUT2D eigenvalue weighted by Gasteiger charge is 2.40. The van der Waals surface area contributed by atoms with Gasteiger partial charge in [-0.3, -0.25) is 0 Å². The Balaban J connectivity index is 1.30. The number of rotatable bonds is 5. The largest absolute Gasteiger partial charge is 0.482 e. The normalized spacial score (nSPS) is 18.1. The average Bonchev–Trinajstić information content (AvgIpc) is 3.31. The Morgan fingerprint density at radius 1 is 1.16 bits per heavy atom. The molecule has 37 heavy (non-hydrogen) atoms. The zero-order valence-corrected chi connectivity index (χ0v) is 19.3. The summed E-state index contributed by atoms with van der Waals surface area (Å²) in [6, 6.07) is 7.74. The first kappa shape index (κ1) is 24.7. The predicted octanol–water partition coefficient (Wildman–Crippen LogP) is 5.23. The number of furan rings is 1. The second-order valence-corrected chi connectivity index (χ2v) is 8.86. The van der Waals surface area contributed by atoms with Crippen LogP contribution < -0.4 is 20.7 Å². The fourth-order valence-electron chi connectivity index (χ4n) is 3.99. The number of carbonyl (C=O) groups excluding carboxylic acids is 1. The van der Waals surface area contributed by atoms with E-state index >= 15 is 0 Å². The van der Waals surface area contributed by atoms with Crippen molar-refractivity contribution in [3.63, 3.8) is 0 Å². The Morgan fingerprint density at radius 2 is 1.95 bits per heavy atom. The minimum atomic E-state index is -4.74. The van der Waals surface area contributed by atoms with Gasteiger partial charge in [0.2, 0.25) is 0 Å². The molecule has 5 rings (SSSR count). The minimum absolute atomic E-state index is 0.161. The number of aliphatic hydroxyl groups is 1. The lowest BCUT2D eigenvalue weighted by Gasteiger charge is -2.38. The van der Waals surface area contributed by atoms with Gasteiger partial charge in [-0.05, 0) is 48.9 Å². The molecule has 1 saturated heterocycles. The molecule has 3 heterocycles. The van der Waals surface area contributed by atoms with Crippen LogP contribution in [0.4, 0.5) is 33.7 Å². The fourth-order valence-corrected chi connectivity index (χ4v) is 3.99. The fraction of sp³-hybridized carbons (Fsp3) is 0.240. The van der Waals surface area contributed by atoms with E-state index in [4.69, 9.17) is 13.9 Å². The van der Waals surface area contributed by atoms with Crippen LogP contribution in [-0.2, 0) is 10.9 Å². The van der Waals surface area contributed by atoms with Gasteiger partial charge in [-0.2, -0.15) is 13.2 Å². The van der Waals surface area contributed by atoms with Crippen LogP contribution in [0.1, 0.15) is 35.6 Å².